The fraction of sp³-hybridized carbons (Fsp3) is 0.889. The zero-order chi connectivity index (χ0) is 28.5. The molecule has 0 heterocycles. The van der Waals surface area contributed by atoms with Crippen molar-refractivity contribution < 1.29 is 19.8 Å². The van der Waals surface area contributed by atoms with Gasteiger partial charge < -0.3 is 10.2 Å². The van der Waals surface area contributed by atoms with Crippen LogP contribution in [0.5, 0.6) is 0 Å². The first-order chi connectivity index (χ1) is 19.5. The lowest BCUT2D eigenvalue weighted by atomic mass is 9.52. The van der Waals surface area contributed by atoms with Gasteiger partial charge in [0.1, 0.15) is 0 Å². The summed E-state index contributed by atoms with van der Waals surface area (Å²) < 4.78 is 0. The average molecular weight is 559 g/mol. The van der Waals surface area contributed by atoms with E-state index >= 15 is 0 Å². The maximum atomic E-state index is 12.7. The van der Waals surface area contributed by atoms with Crippen LogP contribution in [0.3, 0.4) is 0 Å². The third kappa shape index (κ3) is 10.8. The highest BCUT2D eigenvalue weighted by Crippen LogP contribution is 2.56. The summed E-state index contributed by atoms with van der Waals surface area (Å²) in [5.74, 6) is -0.615. The van der Waals surface area contributed by atoms with Crippen LogP contribution in [0.15, 0.2) is 11.6 Å². The monoisotopic (exact) mass is 558 g/mol. The molecule has 0 spiro atoms. The number of carboxylic acids is 2. The van der Waals surface area contributed by atoms with Gasteiger partial charge in [0.25, 0.3) is 0 Å². The molecule has 3 saturated carbocycles. The fourth-order valence-electron chi connectivity index (χ4n) is 8.94. The minimum atomic E-state index is -1.01. The normalized spacial score (nSPS) is 24.1. The molecule has 3 fully saturated rings. The van der Waals surface area contributed by atoms with Crippen molar-refractivity contribution in [2.45, 2.75) is 180 Å². The molecule has 0 radical (unpaired) electrons. The van der Waals surface area contributed by atoms with Crippen LogP contribution >= 0.6 is 0 Å². The van der Waals surface area contributed by atoms with Crippen LogP contribution in [0.25, 0.3) is 0 Å². The molecule has 230 valence electrons. The molecule has 3 rings (SSSR count). The third-order valence-corrected chi connectivity index (χ3v) is 11.0. The van der Waals surface area contributed by atoms with Gasteiger partial charge in [0.2, 0.25) is 0 Å². The summed E-state index contributed by atoms with van der Waals surface area (Å²) in [4.78, 5) is 24.7. The Morgan fingerprint density at radius 1 is 0.475 bits per heavy atom. The van der Waals surface area contributed by atoms with E-state index in [0.29, 0.717) is 17.8 Å². The molecule has 4 heteroatoms. The Balaban J connectivity index is 2.16. The zero-order valence-corrected chi connectivity index (χ0v) is 25.8. The summed E-state index contributed by atoms with van der Waals surface area (Å²) in [5.41, 5.74) is -0.0281. The van der Waals surface area contributed by atoms with Crippen molar-refractivity contribution in [3.05, 3.63) is 11.6 Å². The number of aliphatic carboxylic acids is 2. The summed E-state index contributed by atoms with van der Waals surface area (Å²) in [6.07, 6.45) is 36.0. The van der Waals surface area contributed by atoms with E-state index in [2.05, 4.69) is 6.08 Å². The van der Waals surface area contributed by atoms with Crippen molar-refractivity contribution in [1.82, 2.24) is 0 Å². The van der Waals surface area contributed by atoms with E-state index in [4.69, 9.17) is 0 Å². The Hall–Kier alpha value is -1.32. The highest BCUT2D eigenvalue weighted by molar-refractivity contribution is 5.92. The standard InChI is InChI=1S/C36H62O4/c37-34(38)28-30(35(39)40)29-36(31-22-16-10-4-1-5-11-17-23-31,32-24-18-12-6-2-7-13-19-25-32)33-26-20-14-8-3-9-15-21-27-33/h29,31-33H,1-28H2,(H,37,38)(H,39,40). The Kier molecular flexibility index (Phi) is 15.7. The second-order valence-corrected chi connectivity index (χ2v) is 13.8. The average Bonchev–Trinajstić information content (AvgIpc) is 2.95. The van der Waals surface area contributed by atoms with Crippen LogP contribution < -0.4 is 0 Å². The van der Waals surface area contributed by atoms with Crippen LogP contribution in [-0.2, 0) is 9.59 Å². The molecule has 0 aromatic heterocycles. The molecule has 4 nitrogen and oxygen atoms in total. The molecule has 0 bridgehead atoms. The van der Waals surface area contributed by atoms with E-state index in [9.17, 15) is 19.8 Å². The van der Waals surface area contributed by atoms with Gasteiger partial charge in [-0.15, -0.1) is 0 Å². The highest BCUT2D eigenvalue weighted by Gasteiger charge is 2.48. The van der Waals surface area contributed by atoms with Crippen molar-refractivity contribution in [2.24, 2.45) is 23.2 Å². The lowest BCUT2D eigenvalue weighted by Gasteiger charge is -2.52. The number of carboxylic acid groups (broad SMARTS) is 2. The predicted molar refractivity (Wildman–Crippen MR) is 166 cm³/mol. The van der Waals surface area contributed by atoms with Crippen molar-refractivity contribution >= 4 is 11.9 Å². The van der Waals surface area contributed by atoms with Crippen molar-refractivity contribution in [1.29, 1.82) is 0 Å². The topological polar surface area (TPSA) is 74.6 Å². The minimum absolute atomic E-state index is 0.166. The molecule has 0 unspecified atom stereocenters. The first kappa shape index (κ1) is 33.2. The van der Waals surface area contributed by atoms with Gasteiger partial charge in [0.15, 0.2) is 0 Å². The van der Waals surface area contributed by atoms with E-state index in [1.54, 1.807) is 0 Å². The molecule has 0 atom stereocenters. The molecule has 2 N–H and O–H groups in total. The summed E-state index contributed by atoms with van der Waals surface area (Å²) >= 11 is 0. The van der Waals surface area contributed by atoms with Gasteiger partial charge in [0.05, 0.1) is 6.42 Å². The van der Waals surface area contributed by atoms with Crippen LogP contribution in [0.1, 0.15) is 180 Å². The Morgan fingerprint density at radius 3 is 0.950 bits per heavy atom. The van der Waals surface area contributed by atoms with E-state index < -0.39 is 11.9 Å². The molecular formula is C36H62O4. The van der Waals surface area contributed by atoms with Crippen LogP contribution in [0.2, 0.25) is 0 Å². The predicted octanol–water partition coefficient (Wildman–Crippen LogP) is 10.9. The maximum Gasteiger partial charge on any atom is 0.331 e. The molecule has 0 saturated heterocycles. The molecule has 0 aromatic rings. The van der Waals surface area contributed by atoms with E-state index in [1.807, 2.05) is 0 Å². The van der Waals surface area contributed by atoms with Crippen LogP contribution in [-0.4, -0.2) is 22.2 Å². The molecule has 0 aromatic carbocycles. The summed E-state index contributed by atoms with van der Waals surface area (Å²) in [7, 11) is 0. The number of hydrogen-bond acceptors (Lipinski definition) is 2. The van der Waals surface area contributed by atoms with Gasteiger partial charge in [-0.3, -0.25) is 4.79 Å². The Morgan fingerprint density at radius 2 is 0.725 bits per heavy atom. The second-order valence-electron chi connectivity index (χ2n) is 13.8. The van der Waals surface area contributed by atoms with Gasteiger partial charge in [-0.25, -0.2) is 4.79 Å². The van der Waals surface area contributed by atoms with Gasteiger partial charge >= 0.3 is 11.9 Å². The van der Waals surface area contributed by atoms with Gasteiger partial charge in [-0.1, -0.05) is 141 Å². The van der Waals surface area contributed by atoms with Crippen molar-refractivity contribution in [3.8, 4) is 0 Å². The molecule has 0 aliphatic heterocycles. The Bertz CT molecular complexity index is 661. The molecule has 3 aliphatic carbocycles. The molecule has 0 amide bonds. The zero-order valence-electron chi connectivity index (χ0n) is 25.8. The lowest BCUT2D eigenvalue weighted by molar-refractivity contribution is -0.139. The number of hydrogen-bond donors (Lipinski definition) is 2. The maximum absolute atomic E-state index is 12.7. The molecular weight excluding hydrogens is 496 g/mol. The molecule has 40 heavy (non-hydrogen) atoms. The highest BCUT2D eigenvalue weighted by atomic mass is 16.4. The number of rotatable bonds is 7. The van der Waals surface area contributed by atoms with Crippen molar-refractivity contribution in [3.63, 3.8) is 0 Å². The molecule has 3 aliphatic rings. The SMILES string of the molecule is O=C(O)CC(=CC(C1CCCCCCCCC1)(C1CCCCCCCCC1)C1CCCCCCCCC1)C(=O)O. The van der Waals surface area contributed by atoms with Gasteiger partial charge in [-0.05, 0) is 61.7 Å². The lowest BCUT2D eigenvalue weighted by Crippen LogP contribution is -2.44. The number of carbonyl (C=O) groups is 2. The summed E-state index contributed by atoms with van der Waals surface area (Å²) in [6.45, 7) is 0. The van der Waals surface area contributed by atoms with Gasteiger partial charge in [-0.2, -0.15) is 0 Å². The summed E-state index contributed by atoms with van der Waals surface area (Å²) in [6, 6.07) is 0. The van der Waals surface area contributed by atoms with E-state index in [0.717, 1.165) is 0 Å². The third-order valence-electron chi connectivity index (χ3n) is 11.0. The first-order valence-electron chi connectivity index (χ1n) is 17.7. The fourth-order valence-corrected chi connectivity index (χ4v) is 8.94. The Labute approximate surface area is 246 Å². The van der Waals surface area contributed by atoms with E-state index in [-0.39, 0.29) is 17.4 Å². The second kappa shape index (κ2) is 19.0. The van der Waals surface area contributed by atoms with Gasteiger partial charge in [0, 0.05) is 5.57 Å². The minimum Gasteiger partial charge on any atom is -0.481 e. The first-order valence-corrected chi connectivity index (χ1v) is 17.7. The van der Waals surface area contributed by atoms with Crippen LogP contribution in [0, 0.1) is 23.2 Å². The smallest absolute Gasteiger partial charge is 0.331 e. The number of allylic oxidation sites excluding steroid dienone is 1. The quantitative estimate of drug-likeness (QED) is 0.305. The van der Waals surface area contributed by atoms with E-state index in [1.165, 1.54) is 173 Å². The van der Waals surface area contributed by atoms with Crippen LogP contribution in [0.4, 0.5) is 0 Å². The largest absolute Gasteiger partial charge is 0.481 e. The van der Waals surface area contributed by atoms with Crippen molar-refractivity contribution in [2.75, 3.05) is 0 Å². The summed E-state index contributed by atoms with van der Waals surface area (Å²) in [5, 5.41) is 20.2.